The summed E-state index contributed by atoms with van der Waals surface area (Å²) in [6, 6.07) is 12.4. The molecule has 0 spiro atoms. The summed E-state index contributed by atoms with van der Waals surface area (Å²) >= 11 is 0. The smallest absolute Gasteiger partial charge is 0.288 e. The van der Waals surface area contributed by atoms with Crippen molar-refractivity contribution in [2.45, 2.75) is 6.61 Å². The zero-order chi connectivity index (χ0) is 10.5. The fourth-order valence-corrected chi connectivity index (χ4v) is 1.17. The molecular formula is C12H10O3. The van der Waals surface area contributed by atoms with Crippen molar-refractivity contribution in [3.63, 3.8) is 0 Å². The molecule has 3 heteroatoms. The Hall–Kier alpha value is -2.03. The van der Waals surface area contributed by atoms with Crippen LogP contribution in [-0.2, 0) is 6.61 Å². The fourth-order valence-electron chi connectivity index (χ4n) is 1.17. The Morgan fingerprint density at radius 1 is 1.13 bits per heavy atom. The van der Waals surface area contributed by atoms with Gasteiger partial charge in [0.25, 0.3) is 5.95 Å². The maximum Gasteiger partial charge on any atom is 0.288 e. The van der Waals surface area contributed by atoms with Gasteiger partial charge in [-0.25, -0.2) is 0 Å². The van der Waals surface area contributed by atoms with Gasteiger partial charge in [-0.3, -0.25) is 4.79 Å². The second kappa shape index (κ2) is 4.46. The summed E-state index contributed by atoms with van der Waals surface area (Å²) in [5.41, 5.74) is 0.910. The summed E-state index contributed by atoms with van der Waals surface area (Å²) in [7, 11) is 0. The van der Waals surface area contributed by atoms with Gasteiger partial charge in [0.05, 0.1) is 12.3 Å². The van der Waals surface area contributed by atoms with Crippen LogP contribution >= 0.6 is 0 Å². The van der Waals surface area contributed by atoms with Crippen LogP contribution in [0.5, 0.6) is 5.95 Å². The van der Waals surface area contributed by atoms with Gasteiger partial charge in [-0.2, -0.15) is 0 Å². The molecular weight excluding hydrogens is 192 g/mol. The van der Waals surface area contributed by atoms with E-state index < -0.39 is 0 Å². The monoisotopic (exact) mass is 202 g/mol. The van der Waals surface area contributed by atoms with E-state index in [9.17, 15) is 4.79 Å². The summed E-state index contributed by atoms with van der Waals surface area (Å²) in [4.78, 5) is 11.0. The Balaban J connectivity index is 2.02. The molecule has 2 rings (SSSR count). The zero-order valence-electron chi connectivity index (χ0n) is 8.05. The van der Waals surface area contributed by atoms with Crippen LogP contribution in [0.25, 0.3) is 0 Å². The van der Waals surface area contributed by atoms with E-state index in [2.05, 4.69) is 0 Å². The standard InChI is InChI=1S/C12H10O3/c13-11-6-7-14-12(8-11)15-9-10-4-2-1-3-5-10/h1-8H,9H2. The van der Waals surface area contributed by atoms with Crippen molar-refractivity contribution >= 4 is 0 Å². The van der Waals surface area contributed by atoms with Crippen LogP contribution in [0.4, 0.5) is 0 Å². The molecule has 0 aliphatic carbocycles. The first kappa shape index (κ1) is 9.52. The molecule has 0 aliphatic rings. The predicted molar refractivity (Wildman–Crippen MR) is 55.8 cm³/mol. The van der Waals surface area contributed by atoms with Crippen molar-refractivity contribution in [3.05, 3.63) is 64.5 Å². The second-order valence-electron chi connectivity index (χ2n) is 3.06. The third-order valence-electron chi connectivity index (χ3n) is 1.90. The van der Waals surface area contributed by atoms with Crippen molar-refractivity contribution < 1.29 is 9.15 Å². The average Bonchev–Trinajstić information content (AvgIpc) is 2.28. The number of hydrogen-bond donors (Lipinski definition) is 0. The molecule has 1 heterocycles. The van der Waals surface area contributed by atoms with Gasteiger partial charge >= 0.3 is 0 Å². The molecule has 0 fully saturated rings. The lowest BCUT2D eigenvalue weighted by molar-refractivity contribution is 0.226. The predicted octanol–water partition coefficient (Wildman–Crippen LogP) is 2.22. The minimum atomic E-state index is -0.121. The first-order valence-corrected chi connectivity index (χ1v) is 4.60. The van der Waals surface area contributed by atoms with Crippen LogP contribution in [0.1, 0.15) is 5.56 Å². The van der Waals surface area contributed by atoms with Crippen molar-refractivity contribution in [1.82, 2.24) is 0 Å². The van der Waals surface area contributed by atoms with Crippen molar-refractivity contribution in [2.24, 2.45) is 0 Å². The van der Waals surface area contributed by atoms with Gasteiger partial charge in [-0.1, -0.05) is 30.3 Å². The molecule has 1 aromatic carbocycles. The third kappa shape index (κ3) is 2.71. The van der Waals surface area contributed by atoms with Crippen molar-refractivity contribution in [3.8, 4) is 5.95 Å². The largest absolute Gasteiger partial charge is 0.460 e. The molecule has 0 amide bonds. The quantitative estimate of drug-likeness (QED) is 0.766. The van der Waals surface area contributed by atoms with Gasteiger partial charge < -0.3 is 9.15 Å². The Morgan fingerprint density at radius 2 is 1.93 bits per heavy atom. The summed E-state index contributed by atoms with van der Waals surface area (Å²) in [6.45, 7) is 0.397. The fraction of sp³-hybridized carbons (Fsp3) is 0.0833. The number of benzene rings is 1. The van der Waals surface area contributed by atoms with Gasteiger partial charge in [0, 0.05) is 6.07 Å². The van der Waals surface area contributed by atoms with Crippen molar-refractivity contribution in [2.75, 3.05) is 0 Å². The number of hydrogen-bond acceptors (Lipinski definition) is 3. The average molecular weight is 202 g/mol. The molecule has 0 radical (unpaired) electrons. The number of rotatable bonds is 3. The van der Waals surface area contributed by atoms with Gasteiger partial charge in [0.2, 0.25) is 0 Å². The topological polar surface area (TPSA) is 39.4 Å². The highest BCUT2D eigenvalue weighted by Crippen LogP contribution is 2.08. The highest BCUT2D eigenvalue weighted by molar-refractivity contribution is 5.14. The summed E-state index contributed by atoms with van der Waals surface area (Å²) < 4.78 is 10.3. The van der Waals surface area contributed by atoms with Crippen LogP contribution in [0.3, 0.4) is 0 Å². The molecule has 0 saturated heterocycles. The summed E-state index contributed by atoms with van der Waals surface area (Å²) in [5, 5.41) is 0. The molecule has 2 aromatic rings. The maximum atomic E-state index is 11.0. The molecule has 0 saturated carbocycles. The van der Waals surface area contributed by atoms with E-state index in [-0.39, 0.29) is 11.4 Å². The normalized spacial score (nSPS) is 9.87. The third-order valence-corrected chi connectivity index (χ3v) is 1.90. The molecule has 0 atom stereocenters. The minimum absolute atomic E-state index is 0.121. The highest BCUT2D eigenvalue weighted by Gasteiger charge is 1.97. The Kier molecular flexibility index (Phi) is 2.83. The summed E-state index contributed by atoms with van der Waals surface area (Å²) in [5.74, 6) is 0.242. The molecule has 1 aromatic heterocycles. The van der Waals surface area contributed by atoms with Crippen LogP contribution in [0, 0.1) is 0 Å². The van der Waals surface area contributed by atoms with E-state index >= 15 is 0 Å². The molecule has 0 unspecified atom stereocenters. The van der Waals surface area contributed by atoms with Crippen LogP contribution in [0.2, 0.25) is 0 Å². The lowest BCUT2D eigenvalue weighted by atomic mass is 10.2. The minimum Gasteiger partial charge on any atom is -0.460 e. The molecule has 0 bridgehead atoms. The van der Waals surface area contributed by atoms with E-state index in [0.717, 1.165) is 5.56 Å². The Morgan fingerprint density at radius 3 is 2.67 bits per heavy atom. The van der Waals surface area contributed by atoms with Crippen LogP contribution in [0.15, 0.2) is 57.9 Å². The zero-order valence-corrected chi connectivity index (χ0v) is 8.05. The van der Waals surface area contributed by atoms with E-state index in [1.165, 1.54) is 18.4 Å². The SMILES string of the molecule is O=c1ccoc(OCc2ccccc2)c1. The second-order valence-corrected chi connectivity index (χ2v) is 3.06. The van der Waals surface area contributed by atoms with Crippen molar-refractivity contribution in [1.29, 1.82) is 0 Å². The molecule has 3 nitrogen and oxygen atoms in total. The summed E-state index contributed by atoms with van der Waals surface area (Å²) in [6.07, 6.45) is 1.32. The highest BCUT2D eigenvalue weighted by atomic mass is 16.6. The van der Waals surface area contributed by atoms with Gasteiger partial charge in [-0.15, -0.1) is 0 Å². The van der Waals surface area contributed by atoms with E-state index in [1.807, 2.05) is 30.3 Å². The first-order chi connectivity index (χ1) is 7.34. The number of ether oxygens (including phenoxy) is 1. The van der Waals surface area contributed by atoms with E-state index in [4.69, 9.17) is 9.15 Å². The lowest BCUT2D eigenvalue weighted by Crippen LogP contribution is -1.99. The lowest BCUT2D eigenvalue weighted by Gasteiger charge is -2.03. The van der Waals surface area contributed by atoms with Gasteiger partial charge in [-0.05, 0) is 5.56 Å². The van der Waals surface area contributed by atoms with Gasteiger partial charge in [0.15, 0.2) is 5.43 Å². The van der Waals surface area contributed by atoms with Crippen LogP contribution < -0.4 is 10.2 Å². The van der Waals surface area contributed by atoms with Gasteiger partial charge in [0.1, 0.15) is 6.61 Å². The first-order valence-electron chi connectivity index (χ1n) is 4.60. The van der Waals surface area contributed by atoms with Crippen LogP contribution in [-0.4, -0.2) is 0 Å². The molecule has 15 heavy (non-hydrogen) atoms. The Labute approximate surface area is 86.9 Å². The Bertz CT molecular complexity index is 473. The molecule has 76 valence electrons. The molecule has 0 aliphatic heterocycles. The van der Waals surface area contributed by atoms with E-state index in [1.54, 1.807) is 0 Å². The molecule has 0 N–H and O–H groups in total. The van der Waals surface area contributed by atoms with E-state index in [0.29, 0.717) is 6.61 Å². The maximum absolute atomic E-state index is 11.0.